The third-order valence-corrected chi connectivity index (χ3v) is 10.6. The molecule has 4 aromatic rings. The molecule has 2 aliphatic heterocycles. The number of halogens is 4. The van der Waals surface area contributed by atoms with Crippen LogP contribution in [0.15, 0.2) is 53.3 Å². The molecular formula is C33H32Cl2F2N4O5S. The molecule has 0 unspecified atom stereocenters. The fraction of sp³-hybridized carbons (Fsp3) is 0.394. The molecule has 47 heavy (non-hydrogen) atoms. The predicted molar refractivity (Wildman–Crippen MR) is 175 cm³/mol. The highest BCUT2D eigenvalue weighted by Gasteiger charge is 2.43. The van der Waals surface area contributed by atoms with Crippen molar-refractivity contribution in [1.82, 2.24) is 14.8 Å². The summed E-state index contributed by atoms with van der Waals surface area (Å²) < 4.78 is 38.1. The van der Waals surface area contributed by atoms with Crippen molar-refractivity contribution < 1.29 is 32.3 Å². The van der Waals surface area contributed by atoms with Gasteiger partial charge in [0.2, 0.25) is 5.91 Å². The van der Waals surface area contributed by atoms with Crippen LogP contribution in [-0.2, 0) is 27.2 Å². The molecule has 0 saturated carbocycles. The van der Waals surface area contributed by atoms with Crippen molar-refractivity contribution in [3.63, 3.8) is 0 Å². The lowest BCUT2D eigenvalue weighted by Gasteiger charge is -2.35. The minimum atomic E-state index is -2.68. The van der Waals surface area contributed by atoms with Crippen LogP contribution in [0.4, 0.5) is 14.5 Å². The Bertz CT molecular complexity index is 1800. The first kappa shape index (κ1) is 33.3. The fourth-order valence-electron chi connectivity index (χ4n) is 6.15. The Morgan fingerprint density at radius 1 is 1.15 bits per heavy atom. The number of esters is 1. The van der Waals surface area contributed by atoms with Gasteiger partial charge in [0, 0.05) is 60.0 Å². The number of piperidine rings is 1. The van der Waals surface area contributed by atoms with Gasteiger partial charge in [-0.25, -0.2) is 13.8 Å². The normalized spacial score (nSPS) is 19.6. The molecule has 1 N–H and O–H groups in total. The van der Waals surface area contributed by atoms with Crippen LogP contribution < -0.4 is 5.32 Å². The summed E-state index contributed by atoms with van der Waals surface area (Å²) in [5, 5.41) is 4.61. The van der Waals surface area contributed by atoms with Crippen molar-refractivity contribution in [3.05, 3.63) is 79.9 Å². The molecule has 2 fully saturated rings. The predicted octanol–water partition coefficient (Wildman–Crippen LogP) is 7.17. The SMILES string of the molecule is COC(=O)CCc1cnc([C@@H]2C[C@H](N3CCC(F)(F)CC3)CN2C(=O)Cc2cc(Cl)c(NC(=O)c3coc4ccccc34)cc2Cl)s1. The summed E-state index contributed by atoms with van der Waals surface area (Å²) in [6.07, 6.45) is 3.80. The molecule has 0 radical (unpaired) electrons. The molecule has 2 aromatic heterocycles. The van der Waals surface area contributed by atoms with E-state index in [-0.39, 0.29) is 78.5 Å². The van der Waals surface area contributed by atoms with Crippen molar-refractivity contribution in [1.29, 1.82) is 0 Å². The number of nitrogens with zero attached hydrogens (tertiary/aromatic N) is 3. The minimum Gasteiger partial charge on any atom is -0.469 e. The van der Waals surface area contributed by atoms with Gasteiger partial charge in [0.15, 0.2) is 0 Å². The second-order valence-corrected chi connectivity index (χ2v) is 13.7. The van der Waals surface area contributed by atoms with Crippen molar-refractivity contribution in [2.24, 2.45) is 0 Å². The molecule has 0 bridgehead atoms. The van der Waals surface area contributed by atoms with E-state index in [1.54, 1.807) is 35.4 Å². The number of methoxy groups -OCH3 is 1. The number of ether oxygens (including phenoxy) is 1. The number of benzene rings is 2. The zero-order valence-electron chi connectivity index (χ0n) is 25.4. The zero-order valence-corrected chi connectivity index (χ0v) is 27.8. The van der Waals surface area contributed by atoms with E-state index in [0.717, 1.165) is 9.88 Å². The van der Waals surface area contributed by atoms with Gasteiger partial charge in [-0.1, -0.05) is 41.4 Å². The van der Waals surface area contributed by atoms with E-state index in [1.807, 2.05) is 11.0 Å². The monoisotopic (exact) mass is 704 g/mol. The number of rotatable bonds is 9. The van der Waals surface area contributed by atoms with Crippen LogP contribution in [-0.4, -0.2) is 71.3 Å². The maximum Gasteiger partial charge on any atom is 0.305 e. The van der Waals surface area contributed by atoms with Crippen molar-refractivity contribution >= 4 is 69.0 Å². The van der Waals surface area contributed by atoms with Crippen LogP contribution in [0.25, 0.3) is 11.0 Å². The van der Waals surface area contributed by atoms with E-state index >= 15 is 0 Å². The highest BCUT2D eigenvalue weighted by Crippen LogP contribution is 2.40. The number of carbonyl (C=O) groups excluding carboxylic acids is 3. The lowest BCUT2D eigenvalue weighted by atomic mass is 10.0. The van der Waals surface area contributed by atoms with Gasteiger partial charge < -0.3 is 19.4 Å². The number of alkyl halides is 2. The van der Waals surface area contributed by atoms with Crippen LogP contribution in [0, 0.1) is 0 Å². The average molecular weight is 706 g/mol. The first-order valence-electron chi connectivity index (χ1n) is 15.2. The number of para-hydroxylation sites is 1. The van der Waals surface area contributed by atoms with Gasteiger partial charge in [-0.05, 0) is 36.6 Å². The molecule has 2 aromatic carbocycles. The highest BCUT2D eigenvalue weighted by atomic mass is 35.5. The van der Waals surface area contributed by atoms with Gasteiger partial charge in [-0.15, -0.1) is 11.3 Å². The molecule has 14 heteroatoms. The van der Waals surface area contributed by atoms with Gasteiger partial charge in [0.1, 0.15) is 16.9 Å². The minimum absolute atomic E-state index is 0.0684. The number of carbonyl (C=O) groups is 3. The number of aryl methyl sites for hydroxylation is 1. The smallest absolute Gasteiger partial charge is 0.305 e. The first-order valence-corrected chi connectivity index (χ1v) is 16.8. The zero-order chi connectivity index (χ0) is 33.3. The van der Waals surface area contributed by atoms with Crippen LogP contribution in [0.5, 0.6) is 0 Å². The van der Waals surface area contributed by atoms with E-state index in [9.17, 15) is 23.2 Å². The molecule has 9 nitrogen and oxygen atoms in total. The fourth-order valence-corrected chi connectivity index (χ4v) is 7.66. The van der Waals surface area contributed by atoms with Gasteiger partial charge >= 0.3 is 5.97 Å². The van der Waals surface area contributed by atoms with E-state index in [2.05, 4.69) is 10.3 Å². The number of furan rings is 1. The second-order valence-electron chi connectivity index (χ2n) is 11.8. The Morgan fingerprint density at radius 2 is 1.91 bits per heavy atom. The molecule has 2 amide bonds. The number of likely N-dealkylation sites (tertiary alicyclic amines) is 2. The van der Waals surface area contributed by atoms with Crippen LogP contribution in [0.3, 0.4) is 0 Å². The third-order valence-electron chi connectivity index (χ3n) is 8.76. The molecule has 2 aliphatic rings. The Kier molecular flexibility index (Phi) is 9.84. The summed E-state index contributed by atoms with van der Waals surface area (Å²) in [6.45, 7) is 0.847. The molecule has 6 rings (SSSR count). The third kappa shape index (κ3) is 7.45. The van der Waals surface area contributed by atoms with E-state index in [0.29, 0.717) is 41.5 Å². The number of hydrogen-bond acceptors (Lipinski definition) is 8. The highest BCUT2D eigenvalue weighted by molar-refractivity contribution is 7.11. The first-order chi connectivity index (χ1) is 22.5. The van der Waals surface area contributed by atoms with Gasteiger partial charge in [0.25, 0.3) is 11.8 Å². The Morgan fingerprint density at radius 3 is 2.68 bits per heavy atom. The van der Waals surface area contributed by atoms with Crippen molar-refractivity contribution in [2.75, 3.05) is 32.1 Å². The van der Waals surface area contributed by atoms with E-state index < -0.39 is 11.8 Å². The molecule has 4 heterocycles. The molecule has 2 atom stereocenters. The van der Waals surface area contributed by atoms with Crippen LogP contribution in [0.2, 0.25) is 10.0 Å². The maximum absolute atomic E-state index is 13.9. The van der Waals surface area contributed by atoms with Crippen LogP contribution in [0.1, 0.15) is 57.5 Å². The van der Waals surface area contributed by atoms with Crippen molar-refractivity contribution in [3.8, 4) is 0 Å². The second kappa shape index (κ2) is 13.9. The Balaban J connectivity index is 1.19. The van der Waals surface area contributed by atoms with Gasteiger partial charge in [-0.3, -0.25) is 19.3 Å². The summed E-state index contributed by atoms with van der Waals surface area (Å²) in [5.41, 5.74) is 1.68. The Hall–Kier alpha value is -3.58. The van der Waals surface area contributed by atoms with E-state index in [1.165, 1.54) is 30.8 Å². The quantitative estimate of drug-likeness (QED) is 0.184. The number of fused-ring (bicyclic) bond motifs is 1. The van der Waals surface area contributed by atoms with Crippen LogP contribution >= 0.6 is 34.5 Å². The topological polar surface area (TPSA) is 105 Å². The molecule has 248 valence electrons. The summed E-state index contributed by atoms with van der Waals surface area (Å²) in [7, 11) is 1.34. The number of amides is 2. The van der Waals surface area contributed by atoms with Gasteiger partial charge in [-0.2, -0.15) is 0 Å². The molecular weight excluding hydrogens is 673 g/mol. The number of anilines is 1. The molecule has 0 aliphatic carbocycles. The van der Waals surface area contributed by atoms with Gasteiger partial charge in [0.05, 0.1) is 42.3 Å². The summed E-state index contributed by atoms with van der Waals surface area (Å²) in [4.78, 5) is 47.9. The lowest BCUT2D eigenvalue weighted by Crippen LogP contribution is -2.46. The molecule has 0 spiro atoms. The summed E-state index contributed by atoms with van der Waals surface area (Å²) >= 11 is 14.6. The lowest BCUT2D eigenvalue weighted by molar-refractivity contribution is -0.140. The largest absolute Gasteiger partial charge is 0.469 e. The number of nitrogens with one attached hydrogen (secondary N) is 1. The standard InChI is InChI=1S/C33H32Cl2F2N4O5S/c1-45-30(43)7-6-21-16-38-32(47-21)27-14-20(40-10-8-33(36,37)9-11-40)17-41(27)29(42)13-19-12-25(35)26(15-24(19)34)39-31(44)23-18-46-28-5-3-2-4-22(23)28/h2-5,12,15-16,18,20,27H,6-11,13-14,17H2,1H3,(H,39,44)/t20-,27-/m0/s1. The number of aromatic nitrogens is 1. The number of hydrogen-bond donors (Lipinski definition) is 1. The summed E-state index contributed by atoms with van der Waals surface area (Å²) in [5.74, 6) is -3.64. The number of thiazole rings is 1. The van der Waals surface area contributed by atoms with Crippen molar-refractivity contribution in [2.45, 2.75) is 56.5 Å². The summed E-state index contributed by atoms with van der Waals surface area (Å²) in [6, 6.07) is 9.75. The maximum atomic E-state index is 13.9. The van der Waals surface area contributed by atoms with E-state index in [4.69, 9.17) is 32.4 Å². The Labute approximate surface area is 283 Å². The molecule has 2 saturated heterocycles. The average Bonchev–Trinajstić information content (AvgIpc) is 3.81.